The molecule has 4 aromatic carbocycles. The predicted octanol–water partition coefficient (Wildman–Crippen LogP) is 7.18. The van der Waals surface area contributed by atoms with Crippen LogP contribution in [0.5, 0.6) is 0 Å². The van der Waals surface area contributed by atoms with Crippen molar-refractivity contribution in [1.29, 1.82) is 0 Å². The van der Waals surface area contributed by atoms with Crippen LogP contribution in [-0.4, -0.2) is 0 Å². The van der Waals surface area contributed by atoms with E-state index < -0.39 is 0 Å². The van der Waals surface area contributed by atoms with E-state index in [0.717, 1.165) is 0 Å². The molecule has 0 aliphatic heterocycles. The summed E-state index contributed by atoms with van der Waals surface area (Å²) in [6.45, 7) is 8.11. The van der Waals surface area contributed by atoms with Crippen molar-refractivity contribution in [1.82, 2.24) is 0 Å². The first-order valence-electron chi connectivity index (χ1n) is 9.31. The van der Waals surface area contributed by atoms with Gasteiger partial charge in [0.05, 0.1) is 0 Å². The zero-order valence-electron chi connectivity index (χ0n) is 17.7. The quantitative estimate of drug-likeness (QED) is 0.212. The Balaban J connectivity index is 0.000000356. The minimum atomic E-state index is 0. The minimum absolute atomic E-state index is 0. The maximum absolute atomic E-state index is 3.03. The van der Waals surface area contributed by atoms with Crippen molar-refractivity contribution in [3.05, 3.63) is 144 Å². The van der Waals surface area contributed by atoms with Crippen LogP contribution in [0.4, 0.5) is 0 Å². The molecule has 0 radical (unpaired) electrons. The van der Waals surface area contributed by atoms with Crippen molar-refractivity contribution in [2.75, 3.05) is 0 Å². The van der Waals surface area contributed by atoms with Crippen LogP contribution in [0.3, 0.4) is 0 Å². The number of benzene rings is 4. The van der Waals surface area contributed by atoms with Gasteiger partial charge in [-0.1, -0.05) is 27.7 Å². The Labute approximate surface area is 192 Å². The van der Waals surface area contributed by atoms with E-state index in [1.807, 2.05) is 125 Å². The smallest absolute Gasteiger partial charge is 0.181 e. The Morgan fingerprint density at radius 3 is 0.655 bits per heavy atom. The van der Waals surface area contributed by atoms with Gasteiger partial charge in [0.25, 0.3) is 0 Å². The summed E-state index contributed by atoms with van der Waals surface area (Å²) in [5, 5.41) is 0. The van der Waals surface area contributed by atoms with E-state index in [9.17, 15) is 0 Å². The van der Waals surface area contributed by atoms with Crippen LogP contribution in [0.15, 0.2) is 97.1 Å². The fourth-order valence-electron chi connectivity index (χ4n) is 1.93. The number of rotatable bonds is 0. The molecule has 1 heteroatoms. The summed E-state index contributed by atoms with van der Waals surface area (Å²) in [6.07, 6.45) is 0. The Hall–Kier alpha value is -2.41. The molecule has 0 spiro atoms. The Kier molecular flexibility index (Phi) is 16.2. The maximum atomic E-state index is 3.03. The molecule has 0 aromatic heterocycles. The average Bonchev–Trinajstić information content (AvgIpc) is 2.72. The monoisotopic (exact) mass is 412 g/mol. The van der Waals surface area contributed by atoms with Gasteiger partial charge in [0.15, 0.2) is 0 Å². The zero-order valence-corrected chi connectivity index (χ0v) is 19.3. The third-order valence-electron chi connectivity index (χ3n) is 3.46. The molecule has 4 rings (SSSR count). The molecular weight excluding hydrogens is 384 g/mol. The molecule has 0 unspecified atom stereocenters. The largest absolute Gasteiger partial charge is 4.00 e. The number of hydrogen-bond donors (Lipinski definition) is 0. The Morgan fingerprint density at radius 1 is 0.379 bits per heavy atom. The van der Waals surface area contributed by atoms with E-state index in [-0.39, 0.29) is 21.7 Å². The summed E-state index contributed by atoms with van der Waals surface area (Å²) < 4.78 is 0. The molecule has 0 atom stereocenters. The Morgan fingerprint density at radius 2 is 0.586 bits per heavy atom. The van der Waals surface area contributed by atoms with Crippen molar-refractivity contribution in [3.63, 3.8) is 0 Å². The second-order valence-electron chi connectivity index (χ2n) is 6.18. The van der Waals surface area contributed by atoms with E-state index in [1.54, 1.807) is 0 Å². The van der Waals surface area contributed by atoms with Gasteiger partial charge in [-0.05, 0) is 0 Å². The van der Waals surface area contributed by atoms with Crippen LogP contribution in [0.1, 0.15) is 22.3 Å². The topological polar surface area (TPSA) is 0 Å². The predicted molar refractivity (Wildman–Crippen MR) is 120 cm³/mol. The van der Waals surface area contributed by atoms with Crippen LogP contribution in [0.2, 0.25) is 0 Å². The van der Waals surface area contributed by atoms with E-state index >= 15 is 0 Å². The van der Waals surface area contributed by atoms with Gasteiger partial charge in [-0.2, -0.15) is 144 Å². The molecule has 0 fully saturated rings. The maximum Gasteiger partial charge on any atom is 4.00 e. The molecular formula is C28H28Ti. The van der Waals surface area contributed by atoms with Crippen molar-refractivity contribution in [2.24, 2.45) is 0 Å². The third-order valence-corrected chi connectivity index (χ3v) is 3.46. The second kappa shape index (κ2) is 17.7. The molecule has 0 nitrogen and oxygen atoms in total. The van der Waals surface area contributed by atoms with Gasteiger partial charge < -0.3 is 0 Å². The van der Waals surface area contributed by atoms with Crippen molar-refractivity contribution in [3.8, 4) is 0 Å². The average molecular weight is 412 g/mol. The normalized spacial score (nSPS) is 8.41. The SMILES string of the molecule is Cc1[c-]cccc1.Cc1[c-]cccc1.Cc1[c-]cccc1.Cc1[c-]cccc1.[Ti+4]. The standard InChI is InChI=1S/4C7H7.Ti/c4*1-7-5-3-2-4-6-7;/h4*2-5H,1H3;/q4*-1;+4. The first-order chi connectivity index (χ1) is 13.6. The fraction of sp³-hybridized carbons (Fsp3) is 0.143. The molecule has 144 valence electrons. The van der Waals surface area contributed by atoms with Gasteiger partial charge >= 0.3 is 21.7 Å². The summed E-state index contributed by atoms with van der Waals surface area (Å²) >= 11 is 0. The van der Waals surface area contributed by atoms with Gasteiger partial charge in [-0.3, -0.25) is 0 Å². The number of aryl methyl sites for hydroxylation is 4. The van der Waals surface area contributed by atoms with Crippen LogP contribution in [-0.2, 0) is 21.7 Å². The van der Waals surface area contributed by atoms with E-state index in [0.29, 0.717) is 0 Å². The molecule has 0 amide bonds. The summed E-state index contributed by atoms with van der Waals surface area (Å²) in [6, 6.07) is 43.8. The molecule has 0 N–H and O–H groups in total. The molecule has 29 heavy (non-hydrogen) atoms. The molecule has 4 aromatic rings. The van der Waals surface area contributed by atoms with Crippen molar-refractivity contribution < 1.29 is 21.7 Å². The fourth-order valence-corrected chi connectivity index (χ4v) is 1.93. The number of hydrogen-bond acceptors (Lipinski definition) is 0. The van der Waals surface area contributed by atoms with Gasteiger partial charge in [0, 0.05) is 0 Å². The van der Waals surface area contributed by atoms with Gasteiger partial charge in [0.2, 0.25) is 0 Å². The molecule has 0 saturated heterocycles. The summed E-state index contributed by atoms with van der Waals surface area (Å²) in [5.74, 6) is 0. The van der Waals surface area contributed by atoms with Crippen LogP contribution in [0, 0.1) is 52.0 Å². The second-order valence-corrected chi connectivity index (χ2v) is 6.18. The van der Waals surface area contributed by atoms with Crippen LogP contribution in [0.25, 0.3) is 0 Å². The first kappa shape index (κ1) is 26.6. The van der Waals surface area contributed by atoms with Gasteiger partial charge in [-0.15, -0.1) is 0 Å². The van der Waals surface area contributed by atoms with E-state index in [4.69, 9.17) is 0 Å². The van der Waals surface area contributed by atoms with E-state index in [1.165, 1.54) is 22.3 Å². The summed E-state index contributed by atoms with van der Waals surface area (Å²) in [5.41, 5.74) is 4.79. The molecule has 0 aliphatic carbocycles. The molecule has 0 heterocycles. The Bertz CT molecular complexity index is 676. The van der Waals surface area contributed by atoms with Crippen molar-refractivity contribution in [2.45, 2.75) is 27.7 Å². The van der Waals surface area contributed by atoms with Crippen molar-refractivity contribution >= 4 is 0 Å². The molecule has 0 saturated carbocycles. The van der Waals surface area contributed by atoms with Gasteiger partial charge in [-0.25, -0.2) is 0 Å². The molecule has 0 aliphatic rings. The van der Waals surface area contributed by atoms with E-state index in [2.05, 4.69) is 24.3 Å². The summed E-state index contributed by atoms with van der Waals surface area (Å²) in [7, 11) is 0. The van der Waals surface area contributed by atoms with Crippen LogP contribution >= 0.6 is 0 Å². The minimum Gasteiger partial charge on any atom is -0.181 e. The van der Waals surface area contributed by atoms with Gasteiger partial charge in [0.1, 0.15) is 0 Å². The van der Waals surface area contributed by atoms with Crippen LogP contribution < -0.4 is 0 Å². The first-order valence-corrected chi connectivity index (χ1v) is 9.31. The summed E-state index contributed by atoms with van der Waals surface area (Å²) in [4.78, 5) is 0. The third kappa shape index (κ3) is 16.3. The zero-order chi connectivity index (χ0) is 20.5. The molecule has 0 bridgehead atoms.